The van der Waals surface area contributed by atoms with E-state index >= 15 is 0 Å². The molecule has 0 bridgehead atoms. The number of hydrogen-bond acceptors (Lipinski definition) is 1. The molecule has 0 aliphatic carbocycles. The molecule has 1 aliphatic heterocycles. The monoisotopic (exact) mass is 313 g/mol. The second kappa shape index (κ2) is 9.15. The summed E-state index contributed by atoms with van der Waals surface area (Å²) < 4.78 is 0. The van der Waals surface area contributed by atoms with Gasteiger partial charge in [-0.05, 0) is 61.6 Å². The highest BCUT2D eigenvalue weighted by molar-refractivity contribution is 5.34. The molecule has 128 valence electrons. The minimum Gasteiger partial charge on any atom is -0.375 e. The summed E-state index contributed by atoms with van der Waals surface area (Å²) in [6.07, 6.45) is 11.1. The molecule has 1 heterocycles. The van der Waals surface area contributed by atoms with E-state index in [2.05, 4.69) is 56.9 Å². The molecule has 1 nitrogen and oxygen atoms in total. The molecule has 2 rings (SSSR count). The zero-order valence-electron chi connectivity index (χ0n) is 15.7. The first-order valence-electron chi connectivity index (χ1n) is 9.72. The number of unbranched alkanes of at least 4 members (excludes halogenated alkanes) is 1. The topological polar surface area (TPSA) is 3.24 Å². The van der Waals surface area contributed by atoms with Gasteiger partial charge in [-0.15, -0.1) is 0 Å². The molecule has 0 N–H and O–H groups in total. The van der Waals surface area contributed by atoms with Gasteiger partial charge in [0.05, 0.1) is 0 Å². The van der Waals surface area contributed by atoms with Crippen LogP contribution in [0.3, 0.4) is 0 Å². The van der Waals surface area contributed by atoms with Crippen LogP contribution in [0.5, 0.6) is 0 Å². The van der Waals surface area contributed by atoms with Crippen molar-refractivity contribution in [3.63, 3.8) is 0 Å². The van der Waals surface area contributed by atoms with E-state index in [0.717, 1.165) is 5.92 Å². The van der Waals surface area contributed by atoms with Crippen LogP contribution in [0.2, 0.25) is 0 Å². The standard InChI is InChI=1S/C22H35N/c1-5-8-10-18(4)23-15-13-21(14-16-23)22-12-11-20(9-6-2)19(7-3)17-22/h10-12,17,21H,5-9,13-16H2,1-4H3/b18-10+. The molecule has 1 aromatic rings. The van der Waals surface area contributed by atoms with Gasteiger partial charge in [0.15, 0.2) is 0 Å². The van der Waals surface area contributed by atoms with Gasteiger partial charge in [0.1, 0.15) is 0 Å². The molecule has 0 spiro atoms. The zero-order valence-corrected chi connectivity index (χ0v) is 15.7. The number of allylic oxidation sites excluding steroid dienone is 2. The summed E-state index contributed by atoms with van der Waals surface area (Å²) in [7, 11) is 0. The second-order valence-corrected chi connectivity index (χ2v) is 7.03. The van der Waals surface area contributed by atoms with Crippen LogP contribution in [-0.2, 0) is 12.8 Å². The third-order valence-electron chi connectivity index (χ3n) is 5.32. The zero-order chi connectivity index (χ0) is 16.7. The van der Waals surface area contributed by atoms with Gasteiger partial charge in [0, 0.05) is 18.8 Å². The number of benzene rings is 1. The van der Waals surface area contributed by atoms with Gasteiger partial charge in [0.25, 0.3) is 0 Å². The largest absolute Gasteiger partial charge is 0.375 e. The van der Waals surface area contributed by atoms with Crippen molar-refractivity contribution < 1.29 is 0 Å². The Kier molecular flexibility index (Phi) is 7.20. The average molecular weight is 314 g/mol. The summed E-state index contributed by atoms with van der Waals surface area (Å²) in [5.41, 5.74) is 6.20. The smallest absolute Gasteiger partial charge is 0.0180 e. The number of likely N-dealkylation sites (tertiary alicyclic amines) is 1. The molecule has 0 aromatic heterocycles. The fourth-order valence-electron chi connectivity index (χ4n) is 3.79. The van der Waals surface area contributed by atoms with E-state index in [9.17, 15) is 0 Å². The average Bonchev–Trinajstić information content (AvgIpc) is 2.60. The van der Waals surface area contributed by atoms with E-state index in [1.54, 1.807) is 16.7 Å². The van der Waals surface area contributed by atoms with Crippen LogP contribution in [0.1, 0.15) is 82.4 Å². The predicted octanol–water partition coefficient (Wildman–Crippen LogP) is 6.08. The van der Waals surface area contributed by atoms with Crippen LogP contribution in [0, 0.1) is 0 Å². The Labute approximate surface area is 143 Å². The van der Waals surface area contributed by atoms with Crippen molar-refractivity contribution in [2.45, 2.75) is 78.6 Å². The maximum Gasteiger partial charge on any atom is 0.0180 e. The molecule has 1 fully saturated rings. The van der Waals surface area contributed by atoms with Gasteiger partial charge in [-0.25, -0.2) is 0 Å². The highest BCUT2D eigenvalue weighted by Crippen LogP contribution is 2.31. The van der Waals surface area contributed by atoms with Crippen molar-refractivity contribution in [2.24, 2.45) is 0 Å². The first-order valence-corrected chi connectivity index (χ1v) is 9.72. The minimum atomic E-state index is 0.756. The Hall–Kier alpha value is -1.24. The normalized spacial score (nSPS) is 16.9. The summed E-state index contributed by atoms with van der Waals surface area (Å²) in [5, 5.41) is 0. The first kappa shape index (κ1) is 18.1. The summed E-state index contributed by atoms with van der Waals surface area (Å²) in [4.78, 5) is 2.58. The van der Waals surface area contributed by atoms with Crippen molar-refractivity contribution in [1.82, 2.24) is 4.90 Å². The Bertz CT molecular complexity index is 507. The number of rotatable bonds is 7. The number of hydrogen-bond donors (Lipinski definition) is 0. The number of aryl methyl sites for hydroxylation is 2. The van der Waals surface area contributed by atoms with Crippen molar-refractivity contribution in [3.05, 3.63) is 46.7 Å². The van der Waals surface area contributed by atoms with E-state index < -0.39 is 0 Å². The van der Waals surface area contributed by atoms with Crippen LogP contribution < -0.4 is 0 Å². The van der Waals surface area contributed by atoms with Gasteiger partial charge >= 0.3 is 0 Å². The maximum absolute atomic E-state index is 2.58. The van der Waals surface area contributed by atoms with E-state index in [1.807, 2.05) is 0 Å². The van der Waals surface area contributed by atoms with Crippen LogP contribution in [0.15, 0.2) is 30.0 Å². The Morgan fingerprint density at radius 2 is 1.83 bits per heavy atom. The third-order valence-corrected chi connectivity index (χ3v) is 5.32. The van der Waals surface area contributed by atoms with Gasteiger partial charge in [-0.1, -0.05) is 57.9 Å². The predicted molar refractivity (Wildman–Crippen MR) is 102 cm³/mol. The van der Waals surface area contributed by atoms with Crippen molar-refractivity contribution in [1.29, 1.82) is 0 Å². The third kappa shape index (κ3) is 4.86. The first-order chi connectivity index (χ1) is 11.2. The Balaban J connectivity index is 2.00. The molecular formula is C22H35N. The summed E-state index contributed by atoms with van der Waals surface area (Å²) in [5.74, 6) is 0.756. The highest BCUT2D eigenvalue weighted by Gasteiger charge is 2.21. The van der Waals surface area contributed by atoms with Crippen molar-refractivity contribution in [2.75, 3.05) is 13.1 Å². The van der Waals surface area contributed by atoms with Gasteiger partial charge in [-0.2, -0.15) is 0 Å². The molecule has 0 atom stereocenters. The van der Waals surface area contributed by atoms with Crippen molar-refractivity contribution >= 4 is 0 Å². The van der Waals surface area contributed by atoms with Crippen LogP contribution in [-0.4, -0.2) is 18.0 Å². The molecular weight excluding hydrogens is 278 g/mol. The van der Waals surface area contributed by atoms with Gasteiger partial charge in [-0.3, -0.25) is 0 Å². The quantitative estimate of drug-likeness (QED) is 0.589. The molecule has 23 heavy (non-hydrogen) atoms. The fourth-order valence-corrected chi connectivity index (χ4v) is 3.79. The molecule has 0 amide bonds. The van der Waals surface area contributed by atoms with E-state index in [0.29, 0.717) is 0 Å². The van der Waals surface area contributed by atoms with Gasteiger partial charge < -0.3 is 4.90 Å². The number of nitrogens with zero attached hydrogens (tertiary/aromatic N) is 1. The second-order valence-electron chi connectivity index (χ2n) is 7.03. The molecule has 1 aliphatic rings. The lowest BCUT2D eigenvalue weighted by Gasteiger charge is -2.34. The fraction of sp³-hybridized carbons (Fsp3) is 0.636. The number of piperidine rings is 1. The lowest BCUT2D eigenvalue weighted by Crippen LogP contribution is -2.31. The SMILES string of the molecule is CCC/C=C(\C)N1CCC(c2ccc(CCC)c(CC)c2)CC1. The van der Waals surface area contributed by atoms with Crippen molar-refractivity contribution in [3.8, 4) is 0 Å². The Morgan fingerprint density at radius 1 is 1.09 bits per heavy atom. The minimum absolute atomic E-state index is 0.756. The molecule has 0 radical (unpaired) electrons. The summed E-state index contributed by atoms with van der Waals surface area (Å²) in [6, 6.07) is 7.31. The Morgan fingerprint density at radius 3 is 2.43 bits per heavy atom. The van der Waals surface area contributed by atoms with Crippen LogP contribution in [0.4, 0.5) is 0 Å². The van der Waals surface area contributed by atoms with Crippen LogP contribution >= 0.6 is 0 Å². The molecule has 0 unspecified atom stereocenters. The van der Waals surface area contributed by atoms with E-state index in [-0.39, 0.29) is 0 Å². The molecule has 0 saturated carbocycles. The maximum atomic E-state index is 2.58. The summed E-state index contributed by atoms with van der Waals surface area (Å²) in [6.45, 7) is 11.5. The molecule has 1 heteroatoms. The molecule has 1 aromatic carbocycles. The lowest BCUT2D eigenvalue weighted by molar-refractivity contribution is 0.263. The molecule has 1 saturated heterocycles. The lowest BCUT2D eigenvalue weighted by atomic mass is 9.86. The van der Waals surface area contributed by atoms with Gasteiger partial charge in [0.2, 0.25) is 0 Å². The van der Waals surface area contributed by atoms with E-state index in [4.69, 9.17) is 0 Å². The summed E-state index contributed by atoms with van der Waals surface area (Å²) >= 11 is 0. The van der Waals surface area contributed by atoms with E-state index in [1.165, 1.54) is 63.7 Å². The highest BCUT2D eigenvalue weighted by atomic mass is 15.1. The van der Waals surface area contributed by atoms with Crippen LogP contribution in [0.25, 0.3) is 0 Å².